The molecule has 0 bridgehead atoms. The van der Waals surface area contributed by atoms with Crippen LogP contribution in [0, 0.1) is 0 Å². The fourth-order valence-electron chi connectivity index (χ4n) is 3.10. The molecule has 1 amide bonds. The number of rotatable bonds is 4. The van der Waals surface area contributed by atoms with E-state index in [0.717, 1.165) is 32.2 Å². The van der Waals surface area contributed by atoms with Crippen molar-refractivity contribution in [2.75, 3.05) is 6.54 Å². The lowest BCUT2D eigenvalue weighted by Gasteiger charge is -2.35. The average molecular weight is 295 g/mol. The first-order valence-corrected chi connectivity index (χ1v) is 7.95. The van der Waals surface area contributed by atoms with Crippen LogP contribution in [0.15, 0.2) is 48.9 Å². The Hall–Kier alpha value is -2.23. The third kappa shape index (κ3) is 3.50. The van der Waals surface area contributed by atoms with Gasteiger partial charge in [0.15, 0.2) is 0 Å². The Morgan fingerprint density at radius 1 is 1.18 bits per heavy atom. The lowest BCUT2D eigenvalue weighted by Crippen LogP contribution is -2.44. The fraction of sp³-hybridized carbons (Fsp3) is 0.389. The van der Waals surface area contributed by atoms with E-state index in [-0.39, 0.29) is 5.91 Å². The second kappa shape index (κ2) is 7.16. The van der Waals surface area contributed by atoms with Gasteiger partial charge in [-0.1, -0.05) is 30.3 Å². The first kappa shape index (κ1) is 14.7. The van der Waals surface area contributed by atoms with Gasteiger partial charge >= 0.3 is 0 Å². The highest BCUT2D eigenvalue weighted by Crippen LogP contribution is 2.22. The fourth-order valence-corrected chi connectivity index (χ4v) is 3.10. The lowest BCUT2D eigenvalue weighted by molar-refractivity contribution is 0.0595. The summed E-state index contributed by atoms with van der Waals surface area (Å²) in [5.41, 5.74) is 1.79. The first-order chi connectivity index (χ1) is 10.8. The third-order valence-corrected chi connectivity index (χ3v) is 4.28. The summed E-state index contributed by atoms with van der Waals surface area (Å²) in [7, 11) is 0. The van der Waals surface area contributed by atoms with Crippen LogP contribution in [0.2, 0.25) is 0 Å². The molecular weight excluding hydrogens is 274 g/mol. The molecule has 0 unspecified atom stereocenters. The van der Waals surface area contributed by atoms with Gasteiger partial charge < -0.3 is 4.90 Å². The number of hydrogen-bond donors (Lipinski definition) is 0. The maximum atomic E-state index is 12.6. The van der Waals surface area contributed by atoms with Crippen molar-refractivity contribution in [1.82, 2.24) is 14.9 Å². The van der Waals surface area contributed by atoms with Gasteiger partial charge in [-0.05, 0) is 37.7 Å². The van der Waals surface area contributed by atoms with Crippen LogP contribution in [0.4, 0.5) is 0 Å². The first-order valence-electron chi connectivity index (χ1n) is 7.95. The van der Waals surface area contributed by atoms with E-state index in [9.17, 15) is 4.79 Å². The molecule has 1 saturated heterocycles. The van der Waals surface area contributed by atoms with E-state index >= 15 is 0 Å². The Morgan fingerprint density at radius 2 is 2.05 bits per heavy atom. The zero-order valence-electron chi connectivity index (χ0n) is 12.7. The highest BCUT2D eigenvalue weighted by atomic mass is 16.2. The van der Waals surface area contributed by atoms with E-state index in [1.54, 1.807) is 18.6 Å². The number of amides is 1. The van der Waals surface area contributed by atoms with Gasteiger partial charge in [-0.25, -0.2) is 4.98 Å². The number of carbonyl (C=O) groups is 1. The van der Waals surface area contributed by atoms with Crippen LogP contribution in [0.5, 0.6) is 0 Å². The normalized spacial score (nSPS) is 18.2. The van der Waals surface area contributed by atoms with E-state index in [1.165, 1.54) is 12.0 Å². The standard InChI is InChI=1S/C18H21N3O/c22-18(17-14-19-11-12-20-17)21-13-5-4-8-16(21)10-9-15-6-2-1-3-7-15/h1-3,6-7,11-12,14,16H,4-5,8-10,13H2/t16-/m1/s1. The van der Waals surface area contributed by atoms with Gasteiger partial charge in [0.1, 0.15) is 5.69 Å². The average Bonchev–Trinajstić information content (AvgIpc) is 2.61. The molecule has 1 aliphatic heterocycles. The lowest BCUT2D eigenvalue weighted by atomic mass is 9.95. The predicted octanol–water partition coefficient (Wildman–Crippen LogP) is 3.10. The number of nitrogens with zero attached hydrogens (tertiary/aromatic N) is 3. The van der Waals surface area contributed by atoms with Crippen LogP contribution < -0.4 is 0 Å². The highest BCUT2D eigenvalue weighted by Gasteiger charge is 2.27. The van der Waals surface area contributed by atoms with Crippen molar-refractivity contribution in [3.8, 4) is 0 Å². The molecule has 1 fully saturated rings. The molecule has 3 rings (SSSR count). The molecule has 0 spiro atoms. The van der Waals surface area contributed by atoms with Gasteiger partial charge in [0.25, 0.3) is 5.91 Å². The molecule has 0 aliphatic carbocycles. The molecular formula is C18H21N3O. The largest absolute Gasteiger partial charge is 0.334 e. The maximum absolute atomic E-state index is 12.6. The predicted molar refractivity (Wildman–Crippen MR) is 85.5 cm³/mol. The van der Waals surface area contributed by atoms with Crippen LogP contribution in [0.3, 0.4) is 0 Å². The van der Waals surface area contributed by atoms with E-state index in [4.69, 9.17) is 0 Å². The van der Waals surface area contributed by atoms with Gasteiger partial charge in [-0.2, -0.15) is 0 Å². The molecule has 22 heavy (non-hydrogen) atoms. The molecule has 2 aromatic rings. The van der Waals surface area contributed by atoms with Gasteiger partial charge in [0.05, 0.1) is 6.20 Å². The Balaban J connectivity index is 1.67. The number of benzene rings is 1. The zero-order valence-corrected chi connectivity index (χ0v) is 12.7. The third-order valence-electron chi connectivity index (χ3n) is 4.28. The number of aromatic nitrogens is 2. The summed E-state index contributed by atoms with van der Waals surface area (Å²) in [5.74, 6) is 0.0193. The molecule has 0 radical (unpaired) electrons. The number of aryl methyl sites for hydroxylation is 1. The molecule has 1 atom stereocenters. The summed E-state index contributed by atoms with van der Waals surface area (Å²) in [5, 5.41) is 0. The summed E-state index contributed by atoms with van der Waals surface area (Å²) in [6.07, 6.45) is 10.1. The Morgan fingerprint density at radius 3 is 2.82 bits per heavy atom. The Bertz CT molecular complexity index is 600. The van der Waals surface area contributed by atoms with Gasteiger partial charge in [-0.15, -0.1) is 0 Å². The summed E-state index contributed by atoms with van der Waals surface area (Å²) in [6, 6.07) is 10.8. The smallest absolute Gasteiger partial charge is 0.274 e. The summed E-state index contributed by atoms with van der Waals surface area (Å²) >= 11 is 0. The Labute approximate surface area is 131 Å². The second-order valence-corrected chi connectivity index (χ2v) is 5.76. The van der Waals surface area contributed by atoms with Crippen molar-refractivity contribution in [2.24, 2.45) is 0 Å². The van der Waals surface area contributed by atoms with Gasteiger partial charge in [-0.3, -0.25) is 9.78 Å². The van der Waals surface area contributed by atoms with Crippen LogP contribution in [0.25, 0.3) is 0 Å². The highest BCUT2D eigenvalue weighted by molar-refractivity contribution is 5.92. The number of hydrogen-bond acceptors (Lipinski definition) is 3. The number of carbonyl (C=O) groups excluding carboxylic acids is 1. The molecule has 2 heterocycles. The van der Waals surface area contributed by atoms with Gasteiger partial charge in [0.2, 0.25) is 0 Å². The SMILES string of the molecule is O=C(c1cnccn1)N1CCCC[C@@H]1CCc1ccccc1. The minimum Gasteiger partial charge on any atom is -0.334 e. The molecule has 1 aromatic heterocycles. The van der Waals surface area contributed by atoms with Gasteiger partial charge in [0, 0.05) is 25.0 Å². The van der Waals surface area contributed by atoms with Crippen LogP contribution in [0.1, 0.15) is 41.7 Å². The minimum absolute atomic E-state index is 0.0193. The molecule has 4 heteroatoms. The Kier molecular flexibility index (Phi) is 4.78. The second-order valence-electron chi connectivity index (χ2n) is 5.76. The van der Waals surface area contributed by atoms with E-state index < -0.39 is 0 Å². The van der Waals surface area contributed by atoms with Crippen molar-refractivity contribution in [2.45, 2.75) is 38.1 Å². The summed E-state index contributed by atoms with van der Waals surface area (Å²) in [4.78, 5) is 22.8. The van der Waals surface area contributed by atoms with E-state index in [2.05, 4.69) is 34.2 Å². The van der Waals surface area contributed by atoms with Crippen molar-refractivity contribution in [1.29, 1.82) is 0 Å². The maximum Gasteiger partial charge on any atom is 0.274 e. The summed E-state index contributed by atoms with van der Waals surface area (Å²) in [6.45, 7) is 0.828. The zero-order chi connectivity index (χ0) is 15.2. The van der Waals surface area contributed by atoms with Crippen molar-refractivity contribution < 1.29 is 4.79 Å². The number of likely N-dealkylation sites (tertiary alicyclic amines) is 1. The number of piperidine rings is 1. The minimum atomic E-state index is 0.0193. The van der Waals surface area contributed by atoms with Crippen molar-refractivity contribution >= 4 is 5.91 Å². The van der Waals surface area contributed by atoms with Crippen LogP contribution in [-0.2, 0) is 6.42 Å². The van der Waals surface area contributed by atoms with Crippen LogP contribution >= 0.6 is 0 Å². The molecule has 1 aromatic carbocycles. The van der Waals surface area contributed by atoms with E-state index in [0.29, 0.717) is 11.7 Å². The molecule has 0 N–H and O–H groups in total. The topological polar surface area (TPSA) is 46.1 Å². The van der Waals surface area contributed by atoms with Crippen molar-refractivity contribution in [3.05, 3.63) is 60.2 Å². The van der Waals surface area contributed by atoms with E-state index in [1.807, 2.05) is 11.0 Å². The molecule has 1 aliphatic rings. The quantitative estimate of drug-likeness (QED) is 0.870. The monoisotopic (exact) mass is 295 g/mol. The van der Waals surface area contributed by atoms with Crippen molar-refractivity contribution in [3.63, 3.8) is 0 Å². The van der Waals surface area contributed by atoms with Crippen LogP contribution in [-0.4, -0.2) is 33.4 Å². The molecule has 4 nitrogen and oxygen atoms in total. The summed E-state index contributed by atoms with van der Waals surface area (Å²) < 4.78 is 0. The molecule has 0 saturated carbocycles. The molecule has 114 valence electrons.